The summed E-state index contributed by atoms with van der Waals surface area (Å²) in [5, 5.41) is 21.2. The highest BCUT2D eigenvalue weighted by atomic mass is 16.3. The van der Waals surface area contributed by atoms with Crippen molar-refractivity contribution in [2.24, 2.45) is 0 Å². The molecule has 2 N–H and O–H groups in total. The first-order valence-corrected chi connectivity index (χ1v) is 7.48. The van der Waals surface area contributed by atoms with E-state index in [0.29, 0.717) is 30.1 Å². The summed E-state index contributed by atoms with van der Waals surface area (Å²) in [4.78, 5) is 18.7. The Kier molecular flexibility index (Phi) is 3.12. The molecule has 1 fully saturated rings. The molecule has 0 radical (unpaired) electrons. The molecule has 23 heavy (non-hydrogen) atoms. The van der Waals surface area contributed by atoms with Crippen LogP contribution < -0.4 is 10.5 Å². The molecular weight excluding hydrogens is 296 g/mol. The van der Waals surface area contributed by atoms with Crippen LogP contribution in [0.25, 0.3) is 5.65 Å². The quantitative estimate of drug-likeness (QED) is 0.706. The second kappa shape index (κ2) is 5.17. The number of nitrogens with zero attached hydrogens (tertiary/aromatic N) is 5. The average molecular weight is 312 g/mol. The maximum Gasteiger partial charge on any atom is 0.259 e. The first kappa shape index (κ1) is 13.9. The van der Waals surface area contributed by atoms with Crippen LogP contribution in [0.15, 0.2) is 41.5 Å². The Labute approximate surface area is 131 Å². The number of β-amino-alcohol motifs (C(OH)–C–C–N with tert-alkyl or cyclic N) is 1. The molecule has 3 aromatic rings. The lowest BCUT2D eigenvalue weighted by Crippen LogP contribution is -2.47. The molecule has 3 aromatic heterocycles. The molecule has 4 rings (SSSR count). The molecule has 1 aliphatic rings. The number of aromatic nitrogens is 5. The minimum absolute atomic E-state index is 0.138. The van der Waals surface area contributed by atoms with Gasteiger partial charge in [-0.1, -0.05) is 6.07 Å². The van der Waals surface area contributed by atoms with Gasteiger partial charge in [0.2, 0.25) is 0 Å². The zero-order valence-electron chi connectivity index (χ0n) is 12.4. The highest BCUT2D eigenvalue weighted by Crippen LogP contribution is 2.31. The summed E-state index contributed by atoms with van der Waals surface area (Å²) < 4.78 is 1.50. The van der Waals surface area contributed by atoms with Crippen LogP contribution in [-0.2, 0) is 5.60 Å². The van der Waals surface area contributed by atoms with Gasteiger partial charge in [-0.2, -0.15) is 15.4 Å². The lowest BCUT2D eigenvalue weighted by Gasteiger charge is -2.38. The van der Waals surface area contributed by atoms with Crippen molar-refractivity contribution in [1.29, 1.82) is 0 Å². The number of aliphatic hydroxyl groups is 1. The van der Waals surface area contributed by atoms with Gasteiger partial charge in [-0.05, 0) is 25.0 Å². The number of hydrogen-bond acceptors (Lipinski definition) is 6. The van der Waals surface area contributed by atoms with Gasteiger partial charge in [0, 0.05) is 18.8 Å². The molecular formula is C15H16N6O2. The highest BCUT2D eigenvalue weighted by molar-refractivity contribution is 5.48. The summed E-state index contributed by atoms with van der Waals surface area (Å²) in [7, 11) is 0. The Hall–Kier alpha value is -2.74. The van der Waals surface area contributed by atoms with E-state index < -0.39 is 5.60 Å². The van der Waals surface area contributed by atoms with Gasteiger partial charge in [0.1, 0.15) is 22.8 Å². The van der Waals surface area contributed by atoms with E-state index in [4.69, 9.17) is 0 Å². The number of anilines is 1. The standard InChI is InChI=1S/C15H16N6O2/c22-14-8-13(17-12-4-1-2-7-21(12)14)20-6-3-5-15(23,10-20)11-9-16-19-18-11/h1-2,4,7-9,23H,3,5-6,10H2,(H,16,18,19)/t15-/m0/s1. The van der Waals surface area contributed by atoms with Gasteiger partial charge >= 0.3 is 0 Å². The third-order valence-electron chi connectivity index (χ3n) is 4.24. The van der Waals surface area contributed by atoms with Crippen molar-refractivity contribution in [3.8, 4) is 0 Å². The highest BCUT2D eigenvalue weighted by Gasteiger charge is 2.37. The van der Waals surface area contributed by atoms with Crippen LogP contribution in [0.1, 0.15) is 18.5 Å². The molecule has 0 bridgehead atoms. The van der Waals surface area contributed by atoms with E-state index in [0.717, 1.165) is 13.0 Å². The zero-order chi connectivity index (χ0) is 15.9. The van der Waals surface area contributed by atoms with E-state index >= 15 is 0 Å². The van der Waals surface area contributed by atoms with Crippen LogP contribution in [0, 0.1) is 0 Å². The lowest BCUT2D eigenvalue weighted by molar-refractivity contribution is 0.0175. The Morgan fingerprint density at radius 2 is 2.26 bits per heavy atom. The van der Waals surface area contributed by atoms with Crippen molar-refractivity contribution in [3.63, 3.8) is 0 Å². The molecule has 0 amide bonds. The van der Waals surface area contributed by atoms with Crippen molar-refractivity contribution in [2.75, 3.05) is 18.0 Å². The summed E-state index contributed by atoms with van der Waals surface area (Å²) in [6, 6.07) is 6.92. The number of piperidine rings is 1. The molecule has 8 nitrogen and oxygen atoms in total. The SMILES string of the molecule is O=c1cc(N2CCC[C@@](O)(c3cn[nH]n3)C2)nc2ccccn12. The number of pyridine rings is 1. The third kappa shape index (κ3) is 2.36. The normalized spacial score (nSPS) is 21.7. The molecule has 0 saturated carbocycles. The number of H-pyrrole nitrogens is 1. The van der Waals surface area contributed by atoms with Crippen molar-refractivity contribution in [3.05, 3.63) is 52.7 Å². The topological polar surface area (TPSA) is 99.4 Å². The fraction of sp³-hybridized carbons (Fsp3) is 0.333. The van der Waals surface area contributed by atoms with Gasteiger partial charge in [-0.3, -0.25) is 9.20 Å². The van der Waals surface area contributed by atoms with E-state index in [9.17, 15) is 9.90 Å². The molecule has 8 heteroatoms. The van der Waals surface area contributed by atoms with Crippen molar-refractivity contribution in [2.45, 2.75) is 18.4 Å². The predicted octanol–water partition coefficient (Wildman–Crippen LogP) is 0.301. The van der Waals surface area contributed by atoms with E-state index in [1.165, 1.54) is 16.7 Å². The maximum atomic E-state index is 12.2. The molecule has 1 aliphatic heterocycles. The van der Waals surface area contributed by atoms with Crippen LogP contribution in [0.5, 0.6) is 0 Å². The number of nitrogens with one attached hydrogen (secondary N) is 1. The van der Waals surface area contributed by atoms with Gasteiger partial charge in [0.15, 0.2) is 0 Å². The van der Waals surface area contributed by atoms with Crippen molar-refractivity contribution in [1.82, 2.24) is 24.8 Å². The smallest absolute Gasteiger partial charge is 0.259 e. The maximum absolute atomic E-state index is 12.2. The fourth-order valence-electron chi connectivity index (χ4n) is 3.07. The molecule has 0 aliphatic carbocycles. The summed E-state index contributed by atoms with van der Waals surface area (Å²) >= 11 is 0. The molecule has 1 atom stereocenters. The second-order valence-corrected chi connectivity index (χ2v) is 5.79. The second-order valence-electron chi connectivity index (χ2n) is 5.79. The molecule has 118 valence electrons. The van der Waals surface area contributed by atoms with E-state index in [1.54, 1.807) is 18.3 Å². The monoisotopic (exact) mass is 312 g/mol. The van der Waals surface area contributed by atoms with E-state index in [2.05, 4.69) is 20.4 Å². The Bertz CT molecular complexity index is 890. The summed E-state index contributed by atoms with van der Waals surface area (Å²) in [5.41, 5.74) is -0.124. The molecule has 0 unspecified atom stereocenters. The average Bonchev–Trinajstić information content (AvgIpc) is 3.10. The number of rotatable bonds is 2. The lowest BCUT2D eigenvalue weighted by atomic mass is 9.90. The van der Waals surface area contributed by atoms with Gasteiger partial charge in [0.05, 0.1) is 12.7 Å². The minimum atomic E-state index is -1.09. The Balaban J connectivity index is 1.72. The largest absolute Gasteiger partial charge is 0.382 e. The van der Waals surface area contributed by atoms with Crippen LogP contribution in [-0.4, -0.2) is 43.0 Å². The summed E-state index contributed by atoms with van der Waals surface area (Å²) in [6.07, 6.45) is 4.60. The summed E-state index contributed by atoms with van der Waals surface area (Å²) in [5.74, 6) is 0.572. The zero-order valence-corrected chi connectivity index (χ0v) is 12.4. The van der Waals surface area contributed by atoms with E-state index in [1.807, 2.05) is 11.0 Å². The molecule has 0 aromatic carbocycles. The van der Waals surface area contributed by atoms with Crippen molar-refractivity contribution < 1.29 is 5.11 Å². The van der Waals surface area contributed by atoms with Gasteiger partial charge in [0.25, 0.3) is 5.56 Å². The Morgan fingerprint density at radius 1 is 1.35 bits per heavy atom. The number of fused-ring (bicyclic) bond motifs is 1. The van der Waals surface area contributed by atoms with Crippen LogP contribution in [0.2, 0.25) is 0 Å². The predicted molar refractivity (Wildman–Crippen MR) is 83.2 cm³/mol. The molecule has 1 saturated heterocycles. The summed E-state index contributed by atoms with van der Waals surface area (Å²) in [6.45, 7) is 1.06. The first-order chi connectivity index (χ1) is 11.2. The van der Waals surface area contributed by atoms with Crippen molar-refractivity contribution >= 4 is 11.5 Å². The van der Waals surface area contributed by atoms with Gasteiger partial charge in [-0.15, -0.1) is 0 Å². The van der Waals surface area contributed by atoms with Gasteiger partial charge < -0.3 is 10.0 Å². The van der Waals surface area contributed by atoms with E-state index in [-0.39, 0.29) is 5.56 Å². The molecule has 4 heterocycles. The first-order valence-electron chi connectivity index (χ1n) is 7.48. The number of aromatic amines is 1. The van der Waals surface area contributed by atoms with Crippen LogP contribution in [0.4, 0.5) is 5.82 Å². The van der Waals surface area contributed by atoms with Crippen LogP contribution >= 0.6 is 0 Å². The Morgan fingerprint density at radius 3 is 3.09 bits per heavy atom. The van der Waals surface area contributed by atoms with Crippen LogP contribution in [0.3, 0.4) is 0 Å². The molecule has 0 spiro atoms. The van der Waals surface area contributed by atoms with Gasteiger partial charge in [-0.25, -0.2) is 4.98 Å². The number of hydrogen-bond donors (Lipinski definition) is 2. The third-order valence-corrected chi connectivity index (χ3v) is 4.24. The minimum Gasteiger partial charge on any atom is -0.382 e. The fourth-order valence-corrected chi connectivity index (χ4v) is 3.07.